The third-order valence-corrected chi connectivity index (χ3v) is 4.46. The van der Waals surface area contributed by atoms with E-state index in [1.54, 1.807) is 0 Å². The van der Waals surface area contributed by atoms with E-state index >= 15 is 0 Å². The molecule has 0 aliphatic heterocycles. The van der Waals surface area contributed by atoms with Gasteiger partial charge in [-0.25, -0.2) is 0 Å². The summed E-state index contributed by atoms with van der Waals surface area (Å²) in [6.45, 7) is 7.42. The summed E-state index contributed by atoms with van der Waals surface area (Å²) >= 11 is 1.82. The summed E-state index contributed by atoms with van der Waals surface area (Å²) in [6.07, 6.45) is 0.934. The van der Waals surface area contributed by atoms with Crippen LogP contribution < -0.4 is 5.73 Å². The van der Waals surface area contributed by atoms with Gasteiger partial charge in [-0.05, 0) is 47.7 Å². The summed E-state index contributed by atoms with van der Waals surface area (Å²) < 4.78 is 0. The number of hydrogen-bond acceptors (Lipinski definition) is 2. The van der Waals surface area contributed by atoms with E-state index in [1.807, 2.05) is 11.8 Å². The fraction of sp³-hybridized carbons (Fsp3) is 0.333. The van der Waals surface area contributed by atoms with Gasteiger partial charge in [-0.1, -0.05) is 62.9 Å². The van der Waals surface area contributed by atoms with Gasteiger partial charge in [-0.2, -0.15) is 0 Å². The van der Waals surface area contributed by atoms with Crippen molar-refractivity contribution >= 4 is 11.8 Å². The Labute approximate surface area is 126 Å². The molecule has 2 heteroatoms. The number of hydrogen-bond donors (Lipinski definition) is 1. The van der Waals surface area contributed by atoms with Gasteiger partial charge in [0.1, 0.15) is 0 Å². The molecule has 0 bridgehead atoms. The highest BCUT2D eigenvalue weighted by atomic mass is 32.2. The van der Waals surface area contributed by atoms with Gasteiger partial charge in [-0.3, -0.25) is 0 Å². The molecule has 0 unspecified atom stereocenters. The number of benzene rings is 2. The SMILES string of the molecule is CC(C)(C)c1ccc(Sc2ccccc2CCN)cc1. The molecule has 0 heterocycles. The zero-order chi connectivity index (χ0) is 14.6. The van der Waals surface area contributed by atoms with Crippen LogP contribution in [0.1, 0.15) is 31.9 Å². The maximum Gasteiger partial charge on any atom is 0.0154 e. The van der Waals surface area contributed by atoms with Crippen LogP contribution in [0.25, 0.3) is 0 Å². The molecule has 2 aromatic carbocycles. The van der Waals surface area contributed by atoms with Crippen LogP contribution in [0.4, 0.5) is 0 Å². The van der Waals surface area contributed by atoms with Gasteiger partial charge >= 0.3 is 0 Å². The maximum atomic E-state index is 5.68. The highest BCUT2D eigenvalue weighted by Crippen LogP contribution is 2.32. The van der Waals surface area contributed by atoms with Crippen LogP contribution in [-0.2, 0) is 11.8 Å². The van der Waals surface area contributed by atoms with E-state index in [1.165, 1.54) is 20.9 Å². The molecule has 1 nitrogen and oxygen atoms in total. The Morgan fingerprint density at radius 2 is 1.60 bits per heavy atom. The van der Waals surface area contributed by atoms with Crippen molar-refractivity contribution in [1.29, 1.82) is 0 Å². The van der Waals surface area contributed by atoms with Crippen molar-refractivity contribution in [1.82, 2.24) is 0 Å². The highest BCUT2D eigenvalue weighted by Gasteiger charge is 2.13. The van der Waals surface area contributed by atoms with E-state index in [0.29, 0.717) is 6.54 Å². The lowest BCUT2D eigenvalue weighted by Crippen LogP contribution is -2.10. The molecule has 0 spiro atoms. The standard InChI is InChI=1S/C18H23NS/c1-18(2,3)15-8-10-16(11-9-15)20-17-7-5-4-6-14(17)12-13-19/h4-11H,12-13,19H2,1-3H3. The lowest BCUT2D eigenvalue weighted by molar-refractivity contribution is 0.590. The molecule has 0 aliphatic rings. The second-order valence-corrected chi connectivity index (χ2v) is 7.14. The van der Waals surface area contributed by atoms with Crippen LogP contribution in [-0.4, -0.2) is 6.54 Å². The summed E-state index contributed by atoms with van der Waals surface area (Å²) in [5.74, 6) is 0. The molecule has 2 aromatic rings. The van der Waals surface area contributed by atoms with Crippen LogP contribution in [0.5, 0.6) is 0 Å². The van der Waals surface area contributed by atoms with Crippen LogP contribution in [0.3, 0.4) is 0 Å². The molecule has 2 N–H and O–H groups in total. The van der Waals surface area contributed by atoms with Gasteiger partial charge in [0.05, 0.1) is 0 Å². The molecule has 0 aromatic heterocycles. The first-order valence-corrected chi connectivity index (χ1v) is 7.89. The maximum absolute atomic E-state index is 5.68. The van der Waals surface area contributed by atoms with Crippen molar-refractivity contribution in [3.63, 3.8) is 0 Å². The third kappa shape index (κ3) is 3.87. The van der Waals surface area contributed by atoms with Crippen LogP contribution in [0, 0.1) is 0 Å². The minimum Gasteiger partial charge on any atom is -0.330 e. The average Bonchev–Trinajstić information content (AvgIpc) is 2.41. The monoisotopic (exact) mass is 285 g/mol. The van der Waals surface area contributed by atoms with E-state index in [-0.39, 0.29) is 5.41 Å². The minimum absolute atomic E-state index is 0.209. The molecule has 2 rings (SSSR count). The molecule has 0 saturated carbocycles. The molecule has 0 atom stereocenters. The molecule has 106 valence electrons. The summed E-state index contributed by atoms with van der Waals surface area (Å²) in [5, 5.41) is 0. The lowest BCUT2D eigenvalue weighted by atomic mass is 9.87. The predicted molar refractivity (Wildman–Crippen MR) is 88.5 cm³/mol. The van der Waals surface area contributed by atoms with Crippen LogP contribution >= 0.6 is 11.8 Å². The molecule has 0 aliphatic carbocycles. The van der Waals surface area contributed by atoms with Crippen molar-refractivity contribution in [3.05, 3.63) is 59.7 Å². The largest absolute Gasteiger partial charge is 0.330 e. The Morgan fingerprint density at radius 1 is 0.950 bits per heavy atom. The van der Waals surface area contributed by atoms with Crippen molar-refractivity contribution in [2.24, 2.45) is 5.73 Å². The molecular formula is C18H23NS. The number of rotatable bonds is 4. The Hall–Kier alpha value is -1.25. The topological polar surface area (TPSA) is 26.0 Å². The molecule has 0 fully saturated rings. The fourth-order valence-corrected chi connectivity index (χ4v) is 3.09. The Kier molecular flexibility index (Phi) is 4.90. The summed E-state index contributed by atoms with van der Waals surface area (Å²) in [6, 6.07) is 17.4. The van der Waals surface area contributed by atoms with Crippen molar-refractivity contribution < 1.29 is 0 Å². The quantitative estimate of drug-likeness (QED) is 0.886. The second kappa shape index (κ2) is 6.47. The summed E-state index contributed by atoms with van der Waals surface area (Å²) in [5.41, 5.74) is 8.60. The smallest absolute Gasteiger partial charge is 0.0154 e. The van der Waals surface area contributed by atoms with E-state index < -0.39 is 0 Å². The normalized spacial score (nSPS) is 11.6. The summed E-state index contributed by atoms with van der Waals surface area (Å²) in [7, 11) is 0. The number of nitrogens with two attached hydrogens (primary N) is 1. The Balaban J connectivity index is 2.18. The van der Waals surface area contributed by atoms with Crippen molar-refractivity contribution in [2.45, 2.75) is 42.4 Å². The predicted octanol–water partition coefficient (Wildman–Crippen LogP) is 4.64. The molecule has 0 radical (unpaired) electrons. The van der Waals surface area contributed by atoms with Gasteiger partial charge in [-0.15, -0.1) is 0 Å². The second-order valence-electron chi connectivity index (χ2n) is 6.02. The first-order chi connectivity index (χ1) is 9.50. The van der Waals surface area contributed by atoms with E-state index in [9.17, 15) is 0 Å². The van der Waals surface area contributed by atoms with Gasteiger partial charge in [0, 0.05) is 9.79 Å². The molecule has 0 amide bonds. The van der Waals surface area contributed by atoms with Crippen LogP contribution in [0.15, 0.2) is 58.3 Å². The van der Waals surface area contributed by atoms with Gasteiger partial charge < -0.3 is 5.73 Å². The van der Waals surface area contributed by atoms with Gasteiger partial charge in [0.25, 0.3) is 0 Å². The molecule has 20 heavy (non-hydrogen) atoms. The van der Waals surface area contributed by atoms with E-state index in [4.69, 9.17) is 5.73 Å². The lowest BCUT2D eigenvalue weighted by Gasteiger charge is -2.19. The first kappa shape index (κ1) is 15.1. The molecule has 0 saturated heterocycles. The van der Waals surface area contributed by atoms with Crippen molar-refractivity contribution in [3.8, 4) is 0 Å². The fourth-order valence-electron chi connectivity index (χ4n) is 2.12. The first-order valence-electron chi connectivity index (χ1n) is 7.07. The highest BCUT2D eigenvalue weighted by molar-refractivity contribution is 7.99. The average molecular weight is 285 g/mol. The van der Waals surface area contributed by atoms with Crippen LogP contribution in [0.2, 0.25) is 0 Å². The third-order valence-electron chi connectivity index (χ3n) is 3.33. The van der Waals surface area contributed by atoms with Gasteiger partial charge in [0.15, 0.2) is 0 Å². The van der Waals surface area contributed by atoms with Crippen molar-refractivity contribution in [2.75, 3.05) is 6.54 Å². The Morgan fingerprint density at radius 3 is 2.20 bits per heavy atom. The van der Waals surface area contributed by atoms with E-state index in [0.717, 1.165) is 6.42 Å². The van der Waals surface area contributed by atoms with Gasteiger partial charge in [0.2, 0.25) is 0 Å². The Bertz CT molecular complexity index is 552. The zero-order valence-corrected chi connectivity index (χ0v) is 13.3. The van der Waals surface area contributed by atoms with E-state index in [2.05, 4.69) is 69.3 Å². The molecular weight excluding hydrogens is 262 g/mol. The zero-order valence-electron chi connectivity index (χ0n) is 12.5. The minimum atomic E-state index is 0.209. The summed E-state index contributed by atoms with van der Waals surface area (Å²) in [4.78, 5) is 2.59.